The largest absolute Gasteiger partial charge is 0.507 e. The highest BCUT2D eigenvalue weighted by molar-refractivity contribution is 7.22. The number of halogens is 3. The van der Waals surface area contributed by atoms with Gasteiger partial charge in [0.2, 0.25) is 0 Å². The van der Waals surface area contributed by atoms with Crippen molar-refractivity contribution >= 4 is 55.7 Å². The third-order valence-corrected chi connectivity index (χ3v) is 6.82. The van der Waals surface area contributed by atoms with Gasteiger partial charge in [0.05, 0.1) is 39.5 Å². The zero-order valence-corrected chi connectivity index (χ0v) is 19.4. The minimum Gasteiger partial charge on any atom is -0.507 e. The average molecular weight is 514 g/mol. The molecule has 1 unspecified atom stereocenters. The number of Topliss-reactive ketones (excluding diaryl/α,β-unsaturated/α-hetero) is 1. The van der Waals surface area contributed by atoms with E-state index in [-0.39, 0.29) is 27.0 Å². The maximum atomic E-state index is 14.0. The maximum Gasteiger partial charge on any atom is 0.301 e. The minimum absolute atomic E-state index is 0.0934. The summed E-state index contributed by atoms with van der Waals surface area (Å²) in [5.74, 6) is -3.80. The summed E-state index contributed by atoms with van der Waals surface area (Å²) in [7, 11) is 1.33. The molecule has 0 aliphatic carbocycles. The van der Waals surface area contributed by atoms with Gasteiger partial charge in [-0.25, -0.2) is 13.8 Å². The van der Waals surface area contributed by atoms with Crippen molar-refractivity contribution in [3.8, 4) is 5.75 Å². The summed E-state index contributed by atoms with van der Waals surface area (Å²) in [6.07, 6.45) is 2.93. The number of carbonyl (C=O) groups is 2. The van der Waals surface area contributed by atoms with E-state index < -0.39 is 35.1 Å². The molecule has 4 aromatic rings. The van der Waals surface area contributed by atoms with Gasteiger partial charge in [0.1, 0.15) is 23.1 Å². The third-order valence-electron chi connectivity index (χ3n) is 5.51. The van der Waals surface area contributed by atoms with Crippen LogP contribution in [0.3, 0.4) is 0 Å². The van der Waals surface area contributed by atoms with E-state index >= 15 is 0 Å². The second kappa shape index (κ2) is 8.71. The Morgan fingerprint density at radius 2 is 1.89 bits per heavy atom. The summed E-state index contributed by atoms with van der Waals surface area (Å²) >= 11 is 6.85. The Morgan fingerprint density at radius 3 is 2.60 bits per heavy atom. The highest BCUT2D eigenvalue weighted by atomic mass is 35.5. The standard InChI is InChI=1S/C24H14ClF2N3O4S/c1-34-17-3-2-12(26)8-13(17)21(31)19-20(11-4-6-28-7-5-11)30(23(33)22(19)32)24-29-16-9-14(25)15(27)10-18(16)35-24/h2-10,20,31H,1H3/b21-19+. The number of methoxy groups -OCH3 is 1. The van der Waals surface area contributed by atoms with Crippen molar-refractivity contribution in [2.75, 3.05) is 12.0 Å². The predicted octanol–water partition coefficient (Wildman–Crippen LogP) is 5.26. The van der Waals surface area contributed by atoms with Gasteiger partial charge in [0.15, 0.2) is 5.13 Å². The first-order valence-corrected chi connectivity index (χ1v) is 11.3. The number of rotatable bonds is 4. The molecule has 176 valence electrons. The van der Waals surface area contributed by atoms with Crippen molar-refractivity contribution < 1.29 is 28.2 Å². The van der Waals surface area contributed by atoms with Crippen molar-refractivity contribution in [2.24, 2.45) is 0 Å². The lowest BCUT2D eigenvalue weighted by Crippen LogP contribution is -2.29. The van der Waals surface area contributed by atoms with Crippen LogP contribution in [0.4, 0.5) is 13.9 Å². The summed E-state index contributed by atoms with van der Waals surface area (Å²) < 4.78 is 33.7. The van der Waals surface area contributed by atoms with Crippen LogP contribution in [0, 0.1) is 11.6 Å². The van der Waals surface area contributed by atoms with Crippen LogP contribution in [0.1, 0.15) is 17.2 Å². The Labute approximate surface area is 205 Å². The molecule has 11 heteroatoms. The number of carbonyl (C=O) groups excluding carboxylic acids is 2. The van der Waals surface area contributed by atoms with Crippen LogP contribution in [0.2, 0.25) is 5.02 Å². The number of nitrogens with zero attached hydrogens (tertiary/aromatic N) is 3. The van der Waals surface area contributed by atoms with E-state index in [2.05, 4.69) is 9.97 Å². The molecule has 1 fully saturated rings. The predicted molar refractivity (Wildman–Crippen MR) is 127 cm³/mol. The number of aliphatic hydroxyl groups excluding tert-OH is 1. The minimum atomic E-state index is -1.12. The van der Waals surface area contributed by atoms with E-state index in [4.69, 9.17) is 16.3 Å². The summed E-state index contributed by atoms with van der Waals surface area (Å²) in [5.41, 5.74) is 0.398. The molecule has 1 amide bonds. The van der Waals surface area contributed by atoms with Crippen LogP contribution in [0.5, 0.6) is 5.75 Å². The summed E-state index contributed by atoms with van der Waals surface area (Å²) in [6.45, 7) is 0. The molecule has 1 atom stereocenters. The zero-order valence-electron chi connectivity index (χ0n) is 17.8. The third kappa shape index (κ3) is 3.80. The van der Waals surface area contributed by atoms with Gasteiger partial charge in [0.25, 0.3) is 5.78 Å². The van der Waals surface area contributed by atoms with Crippen molar-refractivity contribution in [1.82, 2.24) is 9.97 Å². The van der Waals surface area contributed by atoms with E-state index in [1.165, 1.54) is 37.7 Å². The molecule has 0 bridgehead atoms. The van der Waals surface area contributed by atoms with Crippen molar-refractivity contribution in [3.05, 3.63) is 88.2 Å². The molecule has 3 heterocycles. The van der Waals surface area contributed by atoms with Gasteiger partial charge >= 0.3 is 5.91 Å². The topological polar surface area (TPSA) is 92.6 Å². The van der Waals surface area contributed by atoms with Crippen molar-refractivity contribution in [2.45, 2.75) is 6.04 Å². The van der Waals surface area contributed by atoms with Crippen LogP contribution in [-0.2, 0) is 9.59 Å². The van der Waals surface area contributed by atoms with E-state index in [9.17, 15) is 23.5 Å². The number of hydrogen-bond donors (Lipinski definition) is 1. The highest BCUT2D eigenvalue weighted by Gasteiger charge is 2.48. The Kier molecular flexibility index (Phi) is 5.70. The lowest BCUT2D eigenvalue weighted by molar-refractivity contribution is -0.132. The number of aliphatic hydroxyl groups is 1. The maximum absolute atomic E-state index is 14.0. The fourth-order valence-electron chi connectivity index (χ4n) is 3.92. The lowest BCUT2D eigenvalue weighted by Gasteiger charge is -2.23. The van der Waals surface area contributed by atoms with Gasteiger partial charge < -0.3 is 9.84 Å². The average Bonchev–Trinajstić information content (AvgIpc) is 3.37. The fraction of sp³-hybridized carbons (Fsp3) is 0.0833. The Morgan fingerprint density at radius 1 is 1.14 bits per heavy atom. The van der Waals surface area contributed by atoms with Crippen molar-refractivity contribution in [1.29, 1.82) is 0 Å². The van der Waals surface area contributed by atoms with Crippen molar-refractivity contribution in [3.63, 3.8) is 0 Å². The number of benzene rings is 2. The van der Waals surface area contributed by atoms with Gasteiger partial charge in [-0.1, -0.05) is 22.9 Å². The molecule has 1 aliphatic heterocycles. The second-order valence-corrected chi connectivity index (χ2v) is 8.94. The normalized spacial score (nSPS) is 17.4. The molecule has 1 N–H and O–H groups in total. The number of ether oxygens (including phenoxy) is 1. The molecule has 2 aromatic heterocycles. The quantitative estimate of drug-likeness (QED) is 0.227. The first-order valence-electron chi connectivity index (χ1n) is 10.1. The Balaban J connectivity index is 1.75. The fourth-order valence-corrected chi connectivity index (χ4v) is 5.07. The molecule has 35 heavy (non-hydrogen) atoms. The molecule has 5 rings (SSSR count). The van der Waals surface area contributed by atoms with Gasteiger partial charge in [-0.2, -0.15) is 0 Å². The molecule has 0 spiro atoms. The molecule has 1 aliphatic rings. The lowest BCUT2D eigenvalue weighted by atomic mass is 9.95. The molecule has 0 saturated carbocycles. The number of amides is 1. The first-order chi connectivity index (χ1) is 16.8. The van der Waals surface area contributed by atoms with Gasteiger partial charge in [-0.05, 0) is 48.0 Å². The summed E-state index contributed by atoms with van der Waals surface area (Å²) in [5, 5.41) is 11.1. The monoisotopic (exact) mass is 513 g/mol. The van der Waals surface area contributed by atoms with Gasteiger partial charge in [0, 0.05) is 12.4 Å². The molecule has 2 aromatic carbocycles. The number of fused-ring (bicyclic) bond motifs is 1. The first kappa shape index (κ1) is 22.9. The number of thiazole rings is 1. The molecule has 1 saturated heterocycles. The summed E-state index contributed by atoms with van der Waals surface area (Å²) in [6, 6.07) is 7.98. The molecule has 7 nitrogen and oxygen atoms in total. The number of anilines is 1. The second-order valence-electron chi connectivity index (χ2n) is 7.52. The van der Waals surface area contributed by atoms with Gasteiger partial charge in [-0.15, -0.1) is 0 Å². The molecular formula is C24H14ClF2N3O4S. The molecular weight excluding hydrogens is 500 g/mol. The molecule has 0 radical (unpaired) electrons. The summed E-state index contributed by atoms with van der Waals surface area (Å²) in [4.78, 5) is 35.9. The van der Waals surface area contributed by atoms with E-state index in [1.54, 1.807) is 12.1 Å². The van der Waals surface area contributed by atoms with Crippen LogP contribution >= 0.6 is 22.9 Å². The van der Waals surface area contributed by atoms with Gasteiger partial charge in [-0.3, -0.25) is 19.5 Å². The van der Waals surface area contributed by atoms with E-state index in [0.717, 1.165) is 28.4 Å². The van der Waals surface area contributed by atoms with Crippen LogP contribution < -0.4 is 9.64 Å². The highest BCUT2D eigenvalue weighted by Crippen LogP contribution is 2.45. The van der Waals surface area contributed by atoms with Crippen LogP contribution in [0.25, 0.3) is 16.0 Å². The smallest absolute Gasteiger partial charge is 0.301 e. The Bertz CT molecular complexity index is 1500. The van der Waals surface area contributed by atoms with E-state index in [0.29, 0.717) is 15.8 Å². The number of hydrogen-bond acceptors (Lipinski definition) is 7. The number of aromatic nitrogens is 2. The van der Waals surface area contributed by atoms with Crippen LogP contribution in [0.15, 0.2) is 60.4 Å². The number of pyridine rings is 1. The van der Waals surface area contributed by atoms with Crippen LogP contribution in [-0.4, -0.2) is 33.9 Å². The zero-order chi connectivity index (χ0) is 24.9. The Hall–Kier alpha value is -3.89. The SMILES string of the molecule is COc1ccc(F)cc1/C(O)=C1\C(=O)C(=O)N(c2nc3cc(Cl)c(F)cc3s2)C1c1ccncc1. The van der Waals surface area contributed by atoms with E-state index in [1.807, 2.05) is 0 Å². The number of ketones is 1.